The molecule has 1 N–H and O–H groups in total. The summed E-state index contributed by atoms with van der Waals surface area (Å²) in [5.41, 5.74) is 0.843. The number of hydrogen-bond donors (Lipinski definition) is 1. The van der Waals surface area contributed by atoms with Crippen LogP contribution < -0.4 is 5.32 Å². The molecule has 2 heterocycles. The first-order valence-corrected chi connectivity index (χ1v) is 9.05. The maximum absolute atomic E-state index is 13.2. The number of hydrogen-bond acceptors (Lipinski definition) is 5. The Balaban J connectivity index is 1.71. The Kier molecular flexibility index (Phi) is 5.27. The number of halogens is 1. The topological polar surface area (TPSA) is 59.8 Å². The first-order valence-electron chi connectivity index (χ1n) is 7.18. The Morgan fingerprint density at radius 2 is 2.17 bits per heavy atom. The van der Waals surface area contributed by atoms with Crippen LogP contribution in [0.4, 0.5) is 4.39 Å². The van der Waals surface area contributed by atoms with Crippen molar-refractivity contribution in [3.8, 4) is 0 Å². The van der Waals surface area contributed by atoms with Gasteiger partial charge in [-0.1, -0.05) is 30.0 Å². The molecule has 3 aromatic rings. The zero-order valence-corrected chi connectivity index (χ0v) is 14.5. The maximum Gasteiger partial charge on any atom is 0.231 e. The number of carbonyl (C=O) groups is 1. The molecule has 0 spiro atoms. The third-order valence-electron chi connectivity index (χ3n) is 3.34. The van der Waals surface area contributed by atoms with Gasteiger partial charge in [-0.05, 0) is 29.1 Å². The fourth-order valence-corrected chi connectivity index (χ4v) is 3.67. The van der Waals surface area contributed by atoms with Crippen LogP contribution in [0.25, 0.3) is 0 Å². The van der Waals surface area contributed by atoms with E-state index in [1.54, 1.807) is 34.4 Å². The molecule has 0 aliphatic carbocycles. The van der Waals surface area contributed by atoms with Crippen molar-refractivity contribution in [3.05, 3.63) is 64.4 Å². The third-order valence-corrected chi connectivity index (χ3v) is 5.31. The lowest BCUT2D eigenvalue weighted by atomic mass is 10.1. The summed E-state index contributed by atoms with van der Waals surface area (Å²) in [6.07, 6.45) is 1.59. The van der Waals surface area contributed by atoms with E-state index in [4.69, 9.17) is 0 Å². The minimum Gasteiger partial charge on any atom is -0.344 e. The van der Waals surface area contributed by atoms with Crippen LogP contribution in [-0.4, -0.2) is 26.4 Å². The first kappa shape index (κ1) is 16.7. The van der Waals surface area contributed by atoms with E-state index < -0.39 is 0 Å². The van der Waals surface area contributed by atoms with E-state index in [0.29, 0.717) is 5.16 Å². The van der Waals surface area contributed by atoms with Gasteiger partial charge in [0.2, 0.25) is 5.91 Å². The van der Waals surface area contributed by atoms with Crippen molar-refractivity contribution in [2.24, 2.45) is 7.05 Å². The number of carbonyl (C=O) groups excluding carboxylic acids is 1. The molecule has 1 unspecified atom stereocenters. The molecule has 1 amide bonds. The van der Waals surface area contributed by atoms with Crippen LogP contribution in [0.3, 0.4) is 0 Å². The summed E-state index contributed by atoms with van der Waals surface area (Å²) in [4.78, 5) is 13.3. The molecule has 1 atom stereocenters. The quantitative estimate of drug-likeness (QED) is 0.685. The molecule has 2 aromatic heterocycles. The molecule has 0 saturated carbocycles. The molecule has 3 rings (SSSR count). The van der Waals surface area contributed by atoms with Gasteiger partial charge in [-0.25, -0.2) is 4.39 Å². The lowest BCUT2D eigenvalue weighted by molar-refractivity contribution is -0.119. The Bertz CT molecular complexity index is 802. The molecular weight excluding hydrogens is 347 g/mol. The lowest BCUT2D eigenvalue weighted by Gasteiger charge is -2.18. The normalized spacial score (nSPS) is 12.1. The Morgan fingerprint density at radius 3 is 2.79 bits per heavy atom. The predicted molar refractivity (Wildman–Crippen MR) is 92.4 cm³/mol. The summed E-state index contributed by atoms with van der Waals surface area (Å²) >= 11 is 2.87. The van der Waals surface area contributed by atoms with E-state index in [1.807, 2.05) is 24.6 Å². The smallest absolute Gasteiger partial charge is 0.231 e. The van der Waals surface area contributed by atoms with Crippen molar-refractivity contribution in [2.75, 3.05) is 5.75 Å². The van der Waals surface area contributed by atoms with E-state index in [-0.39, 0.29) is 23.5 Å². The molecule has 0 saturated heterocycles. The SMILES string of the molecule is Cn1cnnc1SCC(=O)NC(c1ccc(F)cc1)c1cccs1. The summed E-state index contributed by atoms with van der Waals surface area (Å²) in [5, 5.41) is 13.4. The highest BCUT2D eigenvalue weighted by Crippen LogP contribution is 2.26. The van der Waals surface area contributed by atoms with E-state index in [9.17, 15) is 9.18 Å². The number of aromatic nitrogens is 3. The Morgan fingerprint density at radius 1 is 1.38 bits per heavy atom. The third kappa shape index (κ3) is 4.01. The van der Waals surface area contributed by atoms with Gasteiger partial charge in [-0.2, -0.15) is 0 Å². The molecule has 0 bridgehead atoms. The zero-order valence-electron chi connectivity index (χ0n) is 12.8. The standard InChI is InChI=1S/C16H15FN4OS2/c1-21-10-18-20-16(21)24-9-14(22)19-15(13-3-2-8-23-13)11-4-6-12(17)7-5-11/h2-8,10,15H,9H2,1H3,(H,19,22). The van der Waals surface area contributed by atoms with Crippen molar-refractivity contribution in [2.45, 2.75) is 11.2 Å². The molecule has 0 aliphatic heterocycles. The van der Waals surface area contributed by atoms with Crippen molar-refractivity contribution in [1.82, 2.24) is 20.1 Å². The summed E-state index contributed by atoms with van der Waals surface area (Å²) in [5.74, 6) is -0.186. The second kappa shape index (κ2) is 7.59. The fraction of sp³-hybridized carbons (Fsp3) is 0.188. The van der Waals surface area contributed by atoms with Gasteiger partial charge in [0, 0.05) is 11.9 Å². The van der Waals surface area contributed by atoms with E-state index in [2.05, 4.69) is 15.5 Å². The summed E-state index contributed by atoms with van der Waals surface area (Å²) in [6, 6.07) is 9.77. The van der Waals surface area contributed by atoms with Gasteiger partial charge in [0.1, 0.15) is 12.1 Å². The molecule has 0 fully saturated rings. The van der Waals surface area contributed by atoms with Crippen LogP contribution in [0.15, 0.2) is 53.3 Å². The van der Waals surface area contributed by atoms with Crippen LogP contribution >= 0.6 is 23.1 Å². The van der Waals surface area contributed by atoms with Gasteiger partial charge < -0.3 is 9.88 Å². The highest BCUT2D eigenvalue weighted by atomic mass is 32.2. The fourth-order valence-electron chi connectivity index (χ4n) is 2.17. The van der Waals surface area contributed by atoms with Crippen LogP contribution in [0.2, 0.25) is 0 Å². The second-order valence-electron chi connectivity index (χ2n) is 5.08. The molecule has 8 heteroatoms. The van der Waals surface area contributed by atoms with Crippen molar-refractivity contribution in [1.29, 1.82) is 0 Å². The lowest BCUT2D eigenvalue weighted by Crippen LogP contribution is -2.30. The number of rotatable bonds is 6. The number of thioether (sulfide) groups is 1. The second-order valence-corrected chi connectivity index (χ2v) is 7.00. The van der Waals surface area contributed by atoms with Gasteiger partial charge in [0.15, 0.2) is 5.16 Å². The number of benzene rings is 1. The van der Waals surface area contributed by atoms with Gasteiger partial charge in [0.25, 0.3) is 0 Å². The maximum atomic E-state index is 13.2. The van der Waals surface area contributed by atoms with Crippen LogP contribution in [0, 0.1) is 5.82 Å². The summed E-state index contributed by atoms with van der Waals surface area (Å²) in [6.45, 7) is 0. The van der Waals surface area contributed by atoms with E-state index in [1.165, 1.54) is 23.9 Å². The Hall–Kier alpha value is -2.19. The number of nitrogens with one attached hydrogen (secondary N) is 1. The minimum absolute atomic E-state index is 0.120. The molecule has 1 aromatic carbocycles. The molecule has 5 nitrogen and oxygen atoms in total. The van der Waals surface area contributed by atoms with Gasteiger partial charge in [-0.3, -0.25) is 4.79 Å². The van der Waals surface area contributed by atoms with Crippen LogP contribution in [0.5, 0.6) is 0 Å². The molecule has 124 valence electrons. The monoisotopic (exact) mass is 362 g/mol. The van der Waals surface area contributed by atoms with Gasteiger partial charge >= 0.3 is 0 Å². The van der Waals surface area contributed by atoms with Gasteiger partial charge in [-0.15, -0.1) is 21.5 Å². The zero-order chi connectivity index (χ0) is 16.9. The molecule has 0 radical (unpaired) electrons. The number of aryl methyl sites for hydroxylation is 1. The van der Waals surface area contributed by atoms with Gasteiger partial charge in [0.05, 0.1) is 11.8 Å². The molecule has 0 aliphatic rings. The number of nitrogens with zero attached hydrogens (tertiary/aromatic N) is 3. The molecular formula is C16H15FN4OS2. The van der Waals surface area contributed by atoms with Crippen molar-refractivity contribution in [3.63, 3.8) is 0 Å². The van der Waals surface area contributed by atoms with Crippen molar-refractivity contribution >= 4 is 29.0 Å². The Labute approximate surface area is 146 Å². The summed E-state index contributed by atoms with van der Waals surface area (Å²) in [7, 11) is 1.83. The average Bonchev–Trinajstić information content (AvgIpc) is 3.23. The van der Waals surface area contributed by atoms with Crippen LogP contribution in [0.1, 0.15) is 16.5 Å². The van der Waals surface area contributed by atoms with Crippen molar-refractivity contribution < 1.29 is 9.18 Å². The predicted octanol–water partition coefficient (Wildman–Crippen LogP) is 3.01. The highest BCUT2D eigenvalue weighted by Gasteiger charge is 2.18. The van der Waals surface area contributed by atoms with Crippen LogP contribution in [-0.2, 0) is 11.8 Å². The largest absolute Gasteiger partial charge is 0.344 e. The van der Waals surface area contributed by atoms with E-state index in [0.717, 1.165) is 10.4 Å². The number of amides is 1. The summed E-state index contributed by atoms with van der Waals surface area (Å²) < 4.78 is 14.9. The van der Waals surface area contributed by atoms with E-state index >= 15 is 0 Å². The highest BCUT2D eigenvalue weighted by molar-refractivity contribution is 7.99. The number of thiophene rings is 1. The first-order chi connectivity index (χ1) is 11.6. The average molecular weight is 362 g/mol. The minimum atomic E-state index is -0.298. The molecule has 24 heavy (non-hydrogen) atoms.